The van der Waals surface area contributed by atoms with Gasteiger partial charge in [0.05, 0.1) is 4.90 Å². The van der Waals surface area contributed by atoms with Crippen molar-refractivity contribution < 1.29 is 17.6 Å². The molecule has 0 atom stereocenters. The van der Waals surface area contributed by atoms with Gasteiger partial charge in [0.1, 0.15) is 5.82 Å². The van der Waals surface area contributed by atoms with E-state index in [0.29, 0.717) is 11.3 Å². The summed E-state index contributed by atoms with van der Waals surface area (Å²) in [5.74, 6) is -0.970. The van der Waals surface area contributed by atoms with Gasteiger partial charge in [-0.1, -0.05) is 24.3 Å². The summed E-state index contributed by atoms with van der Waals surface area (Å²) in [6.45, 7) is 2.49. The molecule has 0 fully saturated rings. The first-order valence-corrected chi connectivity index (χ1v) is 11.6. The van der Waals surface area contributed by atoms with Gasteiger partial charge in [0.25, 0.3) is 15.9 Å². The molecule has 0 radical (unpaired) electrons. The number of nitrogens with zero attached hydrogens (tertiary/aromatic N) is 1. The number of carbonyl (C=O) groups is 1. The van der Waals surface area contributed by atoms with Crippen LogP contribution in [0.2, 0.25) is 0 Å². The Balaban J connectivity index is 1.70. The van der Waals surface area contributed by atoms with Crippen LogP contribution in [0.5, 0.6) is 0 Å². The Labute approximate surface area is 188 Å². The largest absolute Gasteiger partial charge is 0.322 e. The van der Waals surface area contributed by atoms with Gasteiger partial charge in [-0.3, -0.25) is 9.52 Å². The van der Waals surface area contributed by atoms with Crippen LogP contribution in [-0.2, 0) is 16.4 Å². The molecule has 1 amide bonds. The average molecular weight is 456 g/mol. The first-order chi connectivity index (χ1) is 15.1. The second-order valence-electron chi connectivity index (χ2n) is 7.80. The van der Waals surface area contributed by atoms with E-state index < -0.39 is 15.8 Å². The summed E-state index contributed by atoms with van der Waals surface area (Å²) in [5, 5.41) is 2.81. The van der Waals surface area contributed by atoms with E-state index in [1.54, 1.807) is 19.1 Å². The lowest BCUT2D eigenvalue weighted by Gasteiger charge is -2.11. The maximum atomic E-state index is 13.8. The topological polar surface area (TPSA) is 78.5 Å². The van der Waals surface area contributed by atoms with E-state index in [4.69, 9.17) is 0 Å². The Morgan fingerprint density at radius 3 is 2.34 bits per heavy atom. The predicted molar refractivity (Wildman–Crippen MR) is 125 cm³/mol. The Kier molecular flexibility index (Phi) is 7.27. The Morgan fingerprint density at radius 2 is 1.69 bits per heavy atom. The number of hydrogen-bond acceptors (Lipinski definition) is 4. The number of halogens is 1. The molecular formula is C24H26FN3O3S. The number of likely N-dealkylation sites (N-methyl/N-ethyl adjacent to an activating group) is 1. The van der Waals surface area contributed by atoms with Crippen LogP contribution in [0.3, 0.4) is 0 Å². The van der Waals surface area contributed by atoms with Crippen molar-refractivity contribution in [2.24, 2.45) is 0 Å². The highest BCUT2D eigenvalue weighted by Gasteiger charge is 2.17. The molecule has 3 aromatic carbocycles. The summed E-state index contributed by atoms with van der Waals surface area (Å²) in [6, 6.07) is 17.4. The van der Waals surface area contributed by atoms with Crippen molar-refractivity contribution in [3.8, 4) is 0 Å². The van der Waals surface area contributed by atoms with Crippen LogP contribution in [0.25, 0.3) is 0 Å². The Bertz CT molecular complexity index is 1210. The van der Waals surface area contributed by atoms with Crippen LogP contribution < -0.4 is 10.0 Å². The second-order valence-corrected chi connectivity index (χ2v) is 9.48. The van der Waals surface area contributed by atoms with E-state index in [2.05, 4.69) is 14.9 Å². The normalized spacial score (nSPS) is 11.4. The molecule has 0 bridgehead atoms. The molecule has 0 aliphatic rings. The van der Waals surface area contributed by atoms with Gasteiger partial charge in [-0.2, -0.15) is 0 Å². The fourth-order valence-corrected chi connectivity index (χ4v) is 4.05. The van der Waals surface area contributed by atoms with E-state index in [0.717, 1.165) is 19.0 Å². The summed E-state index contributed by atoms with van der Waals surface area (Å²) in [4.78, 5) is 14.6. The zero-order chi connectivity index (χ0) is 23.3. The van der Waals surface area contributed by atoms with Crippen molar-refractivity contribution >= 4 is 27.3 Å². The Morgan fingerprint density at radius 1 is 0.969 bits per heavy atom. The highest BCUT2D eigenvalue weighted by molar-refractivity contribution is 7.92. The number of benzene rings is 3. The minimum absolute atomic E-state index is 0.190. The summed E-state index contributed by atoms with van der Waals surface area (Å²) in [7, 11) is 0.0359. The van der Waals surface area contributed by atoms with E-state index in [-0.39, 0.29) is 22.1 Å². The van der Waals surface area contributed by atoms with Crippen molar-refractivity contribution in [2.45, 2.75) is 18.2 Å². The molecular weight excluding hydrogens is 429 g/mol. The van der Waals surface area contributed by atoms with Crippen LogP contribution in [0.4, 0.5) is 15.8 Å². The molecule has 8 heteroatoms. The van der Waals surface area contributed by atoms with Crippen molar-refractivity contribution in [3.05, 3.63) is 89.2 Å². The molecule has 0 unspecified atom stereocenters. The smallest absolute Gasteiger partial charge is 0.261 e. The molecule has 32 heavy (non-hydrogen) atoms. The molecule has 0 heterocycles. The van der Waals surface area contributed by atoms with Gasteiger partial charge in [-0.05, 0) is 81.0 Å². The number of rotatable bonds is 8. The summed E-state index contributed by atoms with van der Waals surface area (Å²) in [5.41, 5.74) is 2.66. The van der Waals surface area contributed by atoms with E-state index in [1.165, 1.54) is 29.8 Å². The van der Waals surface area contributed by atoms with Crippen molar-refractivity contribution in [3.63, 3.8) is 0 Å². The minimum atomic E-state index is -4.00. The number of aryl methyl sites for hydroxylation is 1. The Hall–Kier alpha value is -3.23. The van der Waals surface area contributed by atoms with Crippen molar-refractivity contribution in [1.29, 1.82) is 0 Å². The fraction of sp³-hybridized carbons (Fsp3) is 0.208. The van der Waals surface area contributed by atoms with Crippen molar-refractivity contribution in [2.75, 3.05) is 30.7 Å². The highest BCUT2D eigenvalue weighted by atomic mass is 32.2. The van der Waals surface area contributed by atoms with E-state index in [9.17, 15) is 17.6 Å². The third-order valence-electron chi connectivity index (χ3n) is 4.89. The molecule has 6 nitrogen and oxygen atoms in total. The van der Waals surface area contributed by atoms with Gasteiger partial charge in [0, 0.05) is 23.5 Å². The van der Waals surface area contributed by atoms with E-state index in [1.807, 2.05) is 38.4 Å². The number of sulfonamides is 1. The lowest BCUT2D eigenvalue weighted by molar-refractivity contribution is 0.102. The predicted octanol–water partition coefficient (Wildman–Crippen LogP) is 4.29. The minimum Gasteiger partial charge on any atom is -0.322 e. The van der Waals surface area contributed by atoms with Gasteiger partial charge in [0.15, 0.2) is 0 Å². The number of carbonyl (C=O) groups excluding carboxylic acids is 1. The standard InChI is InChI=1S/C24H26FN3O3S/c1-17-7-12-22(16-23(17)25)32(30,31)27-21-6-4-5-19(15-21)24(29)26-20-10-8-18(9-11-20)13-14-28(2)3/h4-12,15-16,27H,13-14H2,1-3H3,(H,26,29). The SMILES string of the molecule is Cc1ccc(S(=O)(=O)Nc2cccc(C(=O)Nc3ccc(CCN(C)C)cc3)c2)cc1F. The van der Waals surface area contributed by atoms with E-state index >= 15 is 0 Å². The highest BCUT2D eigenvalue weighted by Crippen LogP contribution is 2.20. The molecule has 2 N–H and O–H groups in total. The number of hydrogen-bond donors (Lipinski definition) is 2. The average Bonchev–Trinajstić information content (AvgIpc) is 2.75. The van der Waals surface area contributed by atoms with Crippen LogP contribution >= 0.6 is 0 Å². The first kappa shape index (κ1) is 23.4. The third-order valence-corrected chi connectivity index (χ3v) is 6.27. The molecule has 0 aromatic heterocycles. The van der Waals surface area contributed by atoms with Crippen LogP contribution in [0, 0.1) is 12.7 Å². The molecule has 3 aromatic rings. The summed E-state index contributed by atoms with van der Waals surface area (Å²) >= 11 is 0. The van der Waals surface area contributed by atoms with Gasteiger partial charge >= 0.3 is 0 Å². The number of nitrogens with one attached hydrogen (secondary N) is 2. The number of amides is 1. The zero-order valence-corrected chi connectivity index (χ0v) is 19.0. The molecule has 0 spiro atoms. The molecule has 0 saturated heterocycles. The zero-order valence-electron chi connectivity index (χ0n) is 18.2. The monoisotopic (exact) mass is 455 g/mol. The molecule has 0 aliphatic heterocycles. The maximum Gasteiger partial charge on any atom is 0.261 e. The number of anilines is 2. The van der Waals surface area contributed by atoms with Crippen LogP contribution in [-0.4, -0.2) is 39.9 Å². The van der Waals surface area contributed by atoms with Gasteiger partial charge < -0.3 is 10.2 Å². The van der Waals surface area contributed by atoms with Gasteiger partial charge in [0.2, 0.25) is 0 Å². The summed E-state index contributed by atoms with van der Waals surface area (Å²) < 4.78 is 41.3. The first-order valence-electron chi connectivity index (χ1n) is 10.1. The van der Waals surface area contributed by atoms with Crippen LogP contribution in [0.15, 0.2) is 71.6 Å². The molecule has 168 valence electrons. The lowest BCUT2D eigenvalue weighted by atomic mass is 10.1. The van der Waals surface area contributed by atoms with Crippen LogP contribution in [0.1, 0.15) is 21.5 Å². The van der Waals surface area contributed by atoms with Crippen molar-refractivity contribution in [1.82, 2.24) is 4.90 Å². The van der Waals surface area contributed by atoms with Gasteiger partial charge in [-0.15, -0.1) is 0 Å². The molecule has 3 rings (SSSR count). The summed E-state index contributed by atoms with van der Waals surface area (Å²) in [6.07, 6.45) is 0.911. The second kappa shape index (κ2) is 9.93. The molecule has 0 aliphatic carbocycles. The lowest BCUT2D eigenvalue weighted by Crippen LogP contribution is -2.16. The van der Waals surface area contributed by atoms with Gasteiger partial charge in [-0.25, -0.2) is 12.8 Å². The molecule has 0 saturated carbocycles. The maximum absolute atomic E-state index is 13.8. The third kappa shape index (κ3) is 6.15. The quantitative estimate of drug-likeness (QED) is 0.531. The fourth-order valence-electron chi connectivity index (χ4n) is 2.99.